The molecule has 0 aliphatic carbocycles. The quantitative estimate of drug-likeness (QED) is 0.816. The molecule has 3 heteroatoms. The monoisotopic (exact) mass is 263 g/mol. The Labute approximate surface area is 118 Å². The average Bonchev–Trinajstić information content (AvgIpc) is 2.85. The molecule has 19 heavy (non-hydrogen) atoms. The highest BCUT2D eigenvalue weighted by molar-refractivity contribution is 5.07. The van der Waals surface area contributed by atoms with Crippen molar-refractivity contribution in [1.82, 2.24) is 14.8 Å². The lowest BCUT2D eigenvalue weighted by Gasteiger charge is -2.29. The summed E-state index contributed by atoms with van der Waals surface area (Å²) in [6.45, 7) is 10.4. The van der Waals surface area contributed by atoms with Gasteiger partial charge in [0.15, 0.2) is 0 Å². The van der Waals surface area contributed by atoms with E-state index in [9.17, 15) is 0 Å². The number of hydrogen-bond acceptors (Lipinski definition) is 2. The Morgan fingerprint density at radius 3 is 2.79 bits per heavy atom. The van der Waals surface area contributed by atoms with Gasteiger partial charge in [0, 0.05) is 37.6 Å². The summed E-state index contributed by atoms with van der Waals surface area (Å²) in [7, 11) is 0. The second kappa shape index (κ2) is 7.71. The molecule has 1 atom stereocenters. The number of likely N-dealkylation sites (tertiary alicyclic amines) is 1. The molecular weight excluding hydrogens is 234 g/mol. The van der Waals surface area contributed by atoms with Gasteiger partial charge in [0.2, 0.25) is 0 Å². The summed E-state index contributed by atoms with van der Waals surface area (Å²) in [5.41, 5.74) is 1.41. The van der Waals surface area contributed by atoms with Gasteiger partial charge in [-0.3, -0.25) is 0 Å². The molecular formula is C16H29N3. The molecule has 1 saturated heterocycles. The van der Waals surface area contributed by atoms with E-state index < -0.39 is 0 Å². The van der Waals surface area contributed by atoms with E-state index in [1.165, 1.54) is 51.0 Å². The highest BCUT2D eigenvalue weighted by Crippen LogP contribution is 2.09. The van der Waals surface area contributed by atoms with Crippen LogP contribution >= 0.6 is 0 Å². The summed E-state index contributed by atoms with van der Waals surface area (Å²) < 4.78 is 2.36. The van der Waals surface area contributed by atoms with Crippen LogP contribution in [0.4, 0.5) is 0 Å². The van der Waals surface area contributed by atoms with Gasteiger partial charge in [0.05, 0.1) is 0 Å². The fourth-order valence-corrected chi connectivity index (χ4v) is 2.94. The Kier molecular flexibility index (Phi) is 5.93. The van der Waals surface area contributed by atoms with E-state index in [1.807, 2.05) is 0 Å². The maximum absolute atomic E-state index is 3.67. The summed E-state index contributed by atoms with van der Waals surface area (Å²) in [4.78, 5) is 2.60. The van der Waals surface area contributed by atoms with Crippen LogP contribution in [0.15, 0.2) is 18.3 Å². The third kappa shape index (κ3) is 4.66. The lowest BCUT2D eigenvalue weighted by Crippen LogP contribution is -2.41. The standard InChI is InChI=1S/C16H29N3/c1-3-9-19-12-7-8-16(19)13-17-15(2)14-18-10-5-4-6-11-18/h7-8,12,15,17H,3-6,9-11,13-14H2,1-2H3. The molecule has 1 fully saturated rings. The van der Waals surface area contributed by atoms with Gasteiger partial charge in [-0.1, -0.05) is 13.3 Å². The van der Waals surface area contributed by atoms with Crippen molar-refractivity contribution in [3.8, 4) is 0 Å². The smallest absolute Gasteiger partial charge is 0.0362 e. The van der Waals surface area contributed by atoms with Crippen LogP contribution in [0, 0.1) is 0 Å². The first-order valence-corrected chi connectivity index (χ1v) is 7.89. The van der Waals surface area contributed by atoms with Gasteiger partial charge in [-0.25, -0.2) is 0 Å². The highest BCUT2D eigenvalue weighted by Gasteiger charge is 2.13. The van der Waals surface area contributed by atoms with Gasteiger partial charge >= 0.3 is 0 Å². The van der Waals surface area contributed by atoms with Crippen molar-refractivity contribution in [2.75, 3.05) is 19.6 Å². The summed E-state index contributed by atoms with van der Waals surface area (Å²) in [6, 6.07) is 4.96. The zero-order chi connectivity index (χ0) is 13.5. The molecule has 0 saturated carbocycles. The lowest BCUT2D eigenvalue weighted by atomic mass is 10.1. The third-order valence-electron chi connectivity index (χ3n) is 4.00. The van der Waals surface area contributed by atoms with Crippen molar-refractivity contribution in [2.24, 2.45) is 0 Å². The van der Waals surface area contributed by atoms with Gasteiger partial charge in [0.25, 0.3) is 0 Å². The molecule has 1 aliphatic rings. The van der Waals surface area contributed by atoms with Crippen molar-refractivity contribution in [3.63, 3.8) is 0 Å². The molecule has 1 aromatic rings. The number of aromatic nitrogens is 1. The largest absolute Gasteiger partial charge is 0.350 e. The van der Waals surface area contributed by atoms with Crippen LogP contribution < -0.4 is 5.32 Å². The number of rotatable bonds is 7. The number of hydrogen-bond donors (Lipinski definition) is 1. The molecule has 0 radical (unpaired) electrons. The van der Waals surface area contributed by atoms with Crippen LogP contribution in [-0.2, 0) is 13.1 Å². The first-order valence-electron chi connectivity index (χ1n) is 7.89. The molecule has 0 spiro atoms. The zero-order valence-corrected chi connectivity index (χ0v) is 12.6. The van der Waals surface area contributed by atoms with Crippen LogP contribution in [0.2, 0.25) is 0 Å². The van der Waals surface area contributed by atoms with E-state index in [1.54, 1.807) is 0 Å². The Balaban J connectivity index is 1.72. The Morgan fingerprint density at radius 1 is 1.26 bits per heavy atom. The molecule has 0 aromatic carbocycles. The van der Waals surface area contributed by atoms with Crippen LogP contribution in [0.25, 0.3) is 0 Å². The molecule has 3 nitrogen and oxygen atoms in total. The maximum atomic E-state index is 3.67. The molecule has 1 aromatic heterocycles. The predicted molar refractivity (Wildman–Crippen MR) is 81.3 cm³/mol. The third-order valence-corrected chi connectivity index (χ3v) is 4.00. The maximum Gasteiger partial charge on any atom is 0.0362 e. The van der Waals surface area contributed by atoms with Gasteiger partial charge in [-0.15, -0.1) is 0 Å². The number of piperidine rings is 1. The Bertz CT molecular complexity index is 353. The van der Waals surface area contributed by atoms with E-state index in [2.05, 4.69) is 47.0 Å². The van der Waals surface area contributed by atoms with Crippen LogP contribution in [0.5, 0.6) is 0 Å². The SMILES string of the molecule is CCCn1cccc1CNC(C)CN1CCCCC1. The zero-order valence-electron chi connectivity index (χ0n) is 12.6. The topological polar surface area (TPSA) is 20.2 Å². The molecule has 0 bridgehead atoms. The van der Waals surface area contributed by atoms with Gasteiger partial charge in [0.1, 0.15) is 0 Å². The van der Waals surface area contributed by atoms with E-state index in [0.717, 1.165) is 13.1 Å². The predicted octanol–water partition coefficient (Wildman–Crippen LogP) is 2.86. The fourth-order valence-electron chi connectivity index (χ4n) is 2.94. The number of nitrogens with one attached hydrogen (secondary N) is 1. The minimum absolute atomic E-state index is 0.572. The molecule has 0 amide bonds. The van der Waals surface area contributed by atoms with Crippen molar-refractivity contribution in [2.45, 2.75) is 58.7 Å². The normalized spacial score (nSPS) is 18.6. The number of nitrogens with zero attached hydrogens (tertiary/aromatic N) is 2. The molecule has 2 heterocycles. The van der Waals surface area contributed by atoms with Gasteiger partial charge in [-0.2, -0.15) is 0 Å². The van der Waals surface area contributed by atoms with E-state index in [0.29, 0.717) is 6.04 Å². The van der Waals surface area contributed by atoms with Crippen LogP contribution in [0.1, 0.15) is 45.2 Å². The second-order valence-corrected chi connectivity index (χ2v) is 5.84. The van der Waals surface area contributed by atoms with Crippen molar-refractivity contribution >= 4 is 0 Å². The lowest BCUT2D eigenvalue weighted by molar-refractivity contribution is 0.208. The van der Waals surface area contributed by atoms with Crippen LogP contribution in [-0.4, -0.2) is 35.1 Å². The minimum atomic E-state index is 0.572. The molecule has 1 unspecified atom stereocenters. The second-order valence-electron chi connectivity index (χ2n) is 5.84. The summed E-state index contributed by atoms with van der Waals surface area (Å²) >= 11 is 0. The van der Waals surface area contributed by atoms with Crippen molar-refractivity contribution in [1.29, 1.82) is 0 Å². The summed E-state index contributed by atoms with van der Waals surface area (Å²) in [5, 5.41) is 3.67. The summed E-state index contributed by atoms with van der Waals surface area (Å²) in [5.74, 6) is 0. The van der Waals surface area contributed by atoms with Crippen LogP contribution in [0.3, 0.4) is 0 Å². The molecule has 2 rings (SSSR count). The van der Waals surface area contributed by atoms with E-state index in [-0.39, 0.29) is 0 Å². The van der Waals surface area contributed by atoms with Gasteiger partial charge < -0.3 is 14.8 Å². The Morgan fingerprint density at radius 2 is 2.05 bits per heavy atom. The number of aryl methyl sites for hydroxylation is 1. The molecule has 1 N–H and O–H groups in total. The van der Waals surface area contributed by atoms with E-state index in [4.69, 9.17) is 0 Å². The molecule has 108 valence electrons. The molecule has 1 aliphatic heterocycles. The first kappa shape index (κ1) is 14.6. The van der Waals surface area contributed by atoms with E-state index >= 15 is 0 Å². The average molecular weight is 263 g/mol. The Hall–Kier alpha value is -0.800. The van der Waals surface area contributed by atoms with Crippen molar-refractivity contribution < 1.29 is 0 Å². The minimum Gasteiger partial charge on any atom is -0.350 e. The highest BCUT2D eigenvalue weighted by atomic mass is 15.2. The fraction of sp³-hybridized carbons (Fsp3) is 0.750. The van der Waals surface area contributed by atoms with Gasteiger partial charge in [-0.05, 0) is 51.4 Å². The first-order chi connectivity index (χ1) is 9.29. The van der Waals surface area contributed by atoms with Crippen molar-refractivity contribution in [3.05, 3.63) is 24.0 Å². The summed E-state index contributed by atoms with van der Waals surface area (Å²) in [6.07, 6.45) is 7.57.